The molecule has 6 heteroatoms. The number of aromatic amines is 1. The van der Waals surface area contributed by atoms with Crippen molar-refractivity contribution in [1.29, 1.82) is 0 Å². The molecule has 0 fully saturated rings. The van der Waals surface area contributed by atoms with Crippen LogP contribution in [0.4, 0.5) is 4.79 Å². The van der Waals surface area contributed by atoms with Crippen molar-refractivity contribution in [2.75, 3.05) is 6.54 Å². The molecule has 0 spiro atoms. The number of alkyl carbamates (subject to hydrolysis) is 1. The fourth-order valence-electron chi connectivity index (χ4n) is 1.88. The molecule has 0 aromatic carbocycles. The zero-order valence-corrected chi connectivity index (χ0v) is 13.5. The third-order valence-electron chi connectivity index (χ3n) is 2.91. The Morgan fingerprint density at radius 2 is 2.24 bits per heavy atom. The van der Waals surface area contributed by atoms with Gasteiger partial charge < -0.3 is 20.4 Å². The summed E-state index contributed by atoms with van der Waals surface area (Å²) in [6.45, 7) is 8.95. The van der Waals surface area contributed by atoms with Gasteiger partial charge in [-0.05, 0) is 27.2 Å². The fraction of sp³-hybridized carbons (Fsp3) is 0.733. The van der Waals surface area contributed by atoms with Gasteiger partial charge in [0.05, 0.1) is 6.54 Å². The Hall–Kier alpha value is -1.56. The summed E-state index contributed by atoms with van der Waals surface area (Å²) in [6, 6.07) is 0.211. The highest BCUT2D eigenvalue weighted by molar-refractivity contribution is 5.67. The van der Waals surface area contributed by atoms with Gasteiger partial charge in [0.25, 0.3) is 0 Å². The van der Waals surface area contributed by atoms with E-state index in [-0.39, 0.29) is 12.1 Å². The molecule has 21 heavy (non-hydrogen) atoms. The number of imidazole rings is 1. The number of hydrogen-bond acceptors (Lipinski definition) is 4. The molecule has 6 nitrogen and oxygen atoms in total. The van der Waals surface area contributed by atoms with Gasteiger partial charge in [0, 0.05) is 25.0 Å². The Labute approximate surface area is 127 Å². The van der Waals surface area contributed by atoms with Crippen molar-refractivity contribution < 1.29 is 9.53 Å². The van der Waals surface area contributed by atoms with E-state index in [0.29, 0.717) is 13.1 Å². The van der Waals surface area contributed by atoms with E-state index in [1.165, 1.54) is 0 Å². The van der Waals surface area contributed by atoms with Gasteiger partial charge in [0.15, 0.2) is 0 Å². The van der Waals surface area contributed by atoms with Crippen molar-refractivity contribution in [2.45, 2.75) is 65.1 Å². The molecule has 1 atom stereocenters. The zero-order chi connectivity index (χ0) is 15.7. The molecule has 0 saturated heterocycles. The molecule has 1 rings (SSSR count). The summed E-state index contributed by atoms with van der Waals surface area (Å²) >= 11 is 0. The normalized spacial score (nSPS) is 13.0. The van der Waals surface area contributed by atoms with Crippen molar-refractivity contribution in [3.05, 3.63) is 18.2 Å². The highest BCUT2D eigenvalue weighted by Gasteiger charge is 2.17. The lowest BCUT2D eigenvalue weighted by Gasteiger charge is -2.22. The SMILES string of the molecule is CCCCC(CNC(=O)OC(C)(C)C)NCc1ncc[nH]1. The number of hydrogen-bond donors (Lipinski definition) is 3. The first-order valence-electron chi connectivity index (χ1n) is 7.59. The van der Waals surface area contributed by atoms with Crippen molar-refractivity contribution in [3.63, 3.8) is 0 Å². The Balaban J connectivity index is 2.36. The number of aromatic nitrogens is 2. The second kappa shape index (κ2) is 8.67. The predicted molar refractivity (Wildman–Crippen MR) is 83.0 cm³/mol. The molecule has 0 saturated carbocycles. The van der Waals surface area contributed by atoms with Crippen LogP contribution in [0.15, 0.2) is 12.4 Å². The van der Waals surface area contributed by atoms with E-state index in [9.17, 15) is 4.79 Å². The third-order valence-corrected chi connectivity index (χ3v) is 2.91. The maximum atomic E-state index is 11.7. The Morgan fingerprint density at radius 1 is 1.48 bits per heavy atom. The first kappa shape index (κ1) is 17.5. The Morgan fingerprint density at radius 3 is 2.81 bits per heavy atom. The van der Waals surface area contributed by atoms with Crippen molar-refractivity contribution in [2.24, 2.45) is 0 Å². The van der Waals surface area contributed by atoms with Crippen LogP contribution < -0.4 is 10.6 Å². The number of carbonyl (C=O) groups is 1. The van der Waals surface area contributed by atoms with E-state index >= 15 is 0 Å². The summed E-state index contributed by atoms with van der Waals surface area (Å²) < 4.78 is 5.25. The molecule has 0 aliphatic rings. The number of unbranched alkanes of at least 4 members (excludes halogenated alkanes) is 1. The highest BCUT2D eigenvalue weighted by atomic mass is 16.6. The van der Waals surface area contributed by atoms with E-state index in [0.717, 1.165) is 25.1 Å². The molecule has 0 bridgehead atoms. The zero-order valence-electron chi connectivity index (χ0n) is 13.5. The molecule has 1 amide bonds. The van der Waals surface area contributed by atoms with Crippen LogP contribution in [0.1, 0.15) is 52.8 Å². The maximum absolute atomic E-state index is 11.7. The van der Waals surface area contributed by atoms with Crippen LogP contribution in [0, 0.1) is 0 Å². The van der Waals surface area contributed by atoms with Crippen LogP contribution in [0.5, 0.6) is 0 Å². The molecule has 3 N–H and O–H groups in total. The topological polar surface area (TPSA) is 79.0 Å². The van der Waals surface area contributed by atoms with Gasteiger partial charge in [0.2, 0.25) is 0 Å². The van der Waals surface area contributed by atoms with Crippen LogP contribution in [0.3, 0.4) is 0 Å². The smallest absolute Gasteiger partial charge is 0.407 e. The lowest BCUT2D eigenvalue weighted by molar-refractivity contribution is 0.0521. The first-order valence-corrected chi connectivity index (χ1v) is 7.59. The van der Waals surface area contributed by atoms with E-state index in [1.807, 2.05) is 20.8 Å². The summed E-state index contributed by atoms with van der Waals surface area (Å²) in [5.74, 6) is 0.897. The number of nitrogens with one attached hydrogen (secondary N) is 3. The van der Waals surface area contributed by atoms with Gasteiger partial charge in [-0.15, -0.1) is 0 Å². The van der Waals surface area contributed by atoms with Gasteiger partial charge in [0.1, 0.15) is 11.4 Å². The van der Waals surface area contributed by atoms with Crippen LogP contribution in [0.2, 0.25) is 0 Å². The highest BCUT2D eigenvalue weighted by Crippen LogP contribution is 2.07. The molecule has 1 aromatic rings. The van der Waals surface area contributed by atoms with Crippen LogP contribution in [-0.4, -0.2) is 34.2 Å². The molecule has 120 valence electrons. The number of carbonyl (C=O) groups excluding carboxylic acids is 1. The van der Waals surface area contributed by atoms with Crippen molar-refractivity contribution >= 4 is 6.09 Å². The van der Waals surface area contributed by atoms with Crippen LogP contribution >= 0.6 is 0 Å². The van der Waals surface area contributed by atoms with Gasteiger partial charge in [-0.25, -0.2) is 9.78 Å². The Kier molecular flexibility index (Phi) is 7.22. The second-order valence-corrected chi connectivity index (χ2v) is 6.14. The number of amides is 1. The standard InChI is InChI=1S/C15H28N4O2/c1-5-6-7-12(18-11-13-16-8-9-17-13)10-19-14(20)21-15(2,3)4/h8-9,12,18H,5-7,10-11H2,1-4H3,(H,16,17)(H,19,20). The number of ether oxygens (including phenoxy) is 1. The molecule has 0 aliphatic heterocycles. The van der Waals surface area contributed by atoms with Crippen LogP contribution in [0.25, 0.3) is 0 Å². The first-order chi connectivity index (χ1) is 9.90. The average Bonchev–Trinajstić information content (AvgIpc) is 2.89. The maximum Gasteiger partial charge on any atom is 0.407 e. The second-order valence-electron chi connectivity index (χ2n) is 6.14. The van der Waals surface area contributed by atoms with E-state index in [2.05, 4.69) is 27.5 Å². The van der Waals surface area contributed by atoms with Crippen LogP contribution in [-0.2, 0) is 11.3 Å². The molecule has 1 unspecified atom stereocenters. The summed E-state index contributed by atoms with van der Waals surface area (Å²) in [5, 5.41) is 6.24. The molecule has 0 aliphatic carbocycles. The summed E-state index contributed by atoms with van der Waals surface area (Å²) in [6.07, 6.45) is 6.42. The van der Waals surface area contributed by atoms with Gasteiger partial charge in [-0.2, -0.15) is 0 Å². The monoisotopic (exact) mass is 296 g/mol. The van der Waals surface area contributed by atoms with Gasteiger partial charge >= 0.3 is 6.09 Å². The Bertz CT molecular complexity index is 398. The van der Waals surface area contributed by atoms with Gasteiger partial charge in [-0.3, -0.25) is 0 Å². The van der Waals surface area contributed by atoms with Gasteiger partial charge in [-0.1, -0.05) is 19.8 Å². The van der Waals surface area contributed by atoms with E-state index in [4.69, 9.17) is 4.74 Å². The van der Waals surface area contributed by atoms with Crippen molar-refractivity contribution in [1.82, 2.24) is 20.6 Å². The number of H-pyrrole nitrogens is 1. The minimum absolute atomic E-state index is 0.211. The summed E-state index contributed by atoms with van der Waals surface area (Å²) in [7, 11) is 0. The number of nitrogens with zero attached hydrogens (tertiary/aromatic N) is 1. The predicted octanol–water partition coefficient (Wildman–Crippen LogP) is 2.58. The van der Waals surface area contributed by atoms with Crippen molar-refractivity contribution in [3.8, 4) is 0 Å². The number of rotatable bonds is 8. The van der Waals surface area contributed by atoms with E-state index in [1.54, 1.807) is 12.4 Å². The molecule has 1 aromatic heterocycles. The molecular weight excluding hydrogens is 268 g/mol. The average molecular weight is 296 g/mol. The molecule has 1 heterocycles. The summed E-state index contributed by atoms with van der Waals surface area (Å²) in [5.41, 5.74) is -0.468. The fourth-order valence-corrected chi connectivity index (χ4v) is 1.88. The lowest BCUT2D eigenvalue weighted by atomic mass is 10.1. The minimum Gasteiger partial charge on any atom is -0.444 e. The van der Waals surface area contributed by atoms with E-state index < -0.39 is 5.60 Å². The summed E-state index contributed by atoms with van der Waals surface area (Å²) in [4.78, 5) is 18.9. The quantitative estimate of drug-likeness (QED) is 0.689. The lowest BCUT2D eigenvalue weighted by Crippen LogP contribution is -2.42. The third kappa shape index (κ3) is 8.34. The minimum atomic E-state index is -0.468. The molecule has 0 radical (unpaired) electrons. The largest absolute Gasteiger partial charge is 0.444 e. The molecular formula is C15H28N4O2.